The van der Waals surface area contributed by atoms with Crippen LogP contribution in [0.15, 0.2) is 82.0 Å². The van der Waals surface area contributed by atoms with Crippen LogP contribution in [0.25, 0.3) is 0 Å². The molecule has 0 bridgehead atoms. The van der Waals surface area contributed by atoms with Gasteiger partial charge in [-0.1, -0.05) is 42.5 Å². The fourth-order valence-electron chi connectivity index (χ4n) is 3.71. The Balaban J connectivity index is 1.72. The first-order chi connectivity index (χ1) is 16.0. The SMILES string of the molecule is CC(C)(C)OC(=O)c1ccc(C2=NN=C3CC=CC(C(=O)c4ccccc4C(F)(F)F)=C32)cc1. The fourth-order valence-corrected chi connectivity index (χ4v) is 3.71. The number of benzene rings is 2. The third-order valence-electron chi connectivity index (χ3n) is 5.18. The number of hydrogen-bond acceptors (Lipinski definition) is 5. The Labute approximate surface area is 194 Å². The number of hydrogen-bond donors (Lipinski definition) is 0. The van der Waals surface area contributed by atoms with Crippen molar-refractivity contribution in [3.63, 3.8) is 0 Å². The van der Waals surface area contributed by atoms with Gasteiger partial charge in [-0.25, -0.2) is 4.79 Å². The van der Waals surface area contributed by atoms with Crippen molar-refractivity contribution in [1.29, 1.82) is 0 Å². The second-order valence-electron chi connectivity index (χ2n) is 8.84. The number of halogens is 3. The lowest BCUT2D eigenvalue weighted by atomic mass is 9.85. The minimum absolute atomic E-state index is 0.0918. The summed E-state index contributed by atoms with van der Waals surface area (Å²) in [5, 5.41) is 8.35. The van der Waals surface area contributed by atoms with Gasteiger partial charge in [0, 0.05) is 28.7 Å². The quantitative estimate of drug-likeness (QED) is 0.413. The van der Waals surface area contributed by atoms with Gasteiger partial charge in [0.15, 0.2) is 5.78 Å². The van der Waals surface area contributed by atoms with Crippen LogP contribution in [0.5, 0.6) is 0 Å². The van der Waals surface area contributed by atoms with Crippen LogP contribution in [0.1, 0.15) is 59.0 Å². The third kappa shape index (κ3) is 4.62. The lowest BCUT2D eigenvalue weighted by Gasteiger charge is -2.19. The Morgan fingerprint density at radius 1 is 0.941 bits per heavy atom. The molecule has 0 unspecified atom stereocenters. The summed E-state index contributed by atoms with van der Waals surface area (Å²) in [5.74, 6) is -1.24. The van der Waals surface area contributed by atoms with Crippen molar-refractivity contribution >= 4 is 23.2 Å². The van der Waals surface area contributed by atoms with Crippen molar-refractivity contribution in [3.05, 3.63) is 94.1 Å². The Bertz CT molecular complexity index is 1290. The highest BCUT2D eigenvalue weighted by Gasteiger charge is 2.37. The van der Waals surface area contributed by atoms with Crippen LogP contribution in [0.3, 0.4) is 0 Å². The molecule has 0 fully saturated rings. The number of rotatable bonds is 4. The van der Waals surface area contributed by atoms with Crippen LogP contribution in [-0.4, -0.2) is 28.8 Å². The van der Waals surface area contributed by atoms with Gasteiger partial charge in [-0.2, -0.15) is 18.3 Å². The van der Waals surface area contributed by atoms with Crippen LogP contribution in [0, 0.1) is 0 Å². The molecule has 1 aliphatic heterocycles. The predicted molar refractivity (Wildman–Crippen MR) is 122 cm³/mol. The minimum atomic E-state index is -4.67. The van der Waals surface area contributed by atoms with E-state index in [1.54, 1.807) is 51.1 Å². The van der Waals surface area contributed by atoms with E-state index in [9.17, 15) is 22.8 Å². The average Bonchev–Trinajstić information content (AvgIpc) is 3.21. The summed E-state index contributed by atoms with van der Waals surface area (Å²) < 4.78 is 45.9. The summed E-state index contributed by atoms with van der Waals surface area (Å²) in [6.07, 6.45) is -1.08. The molecule has 0 saturated heterocycles. The Morgan fingerprint density at radius 3 is 2.26 bits per heavy atom. The van der Waals surface area contributed by atoms with Crippen LogP contribution in [0.2, 0.25) is 0 Å². The number of Topliss-reactive ketones (excluding diaryl/α,β-unsaturated/α-hetero) is 1. The first kappa shape index (κ1) is 23.4. The van der Waals surface area contributed by atoms with Crippen LogP contribution in [0.4, 0.5) is 13.2 Å². The lowest BCUT2D eigenvalue weighted by molar-refractivity contribution is -0.137. The molecule has 0 spiro atoms. The number of carbonyl (C=O) groups excluding carboxylic acids is 2. The van der Waals surface area contributed by atoms with Crippen LogP contribution >= 0.6 is 0 Å². The van der Waals surface area contributed by atoms with Gasteiger partial charge >= 0.3 is 12.1 Å². The molecule has 2 aromatic carbocycles. The molecule has 8 heteroatoms. The summed E-state index contributed by atoms with van der Waals surface area (Å²) in [7, 11) is 0. The number of esters is 1. The monoisotopic (exact) mass is 466 g/mol. The van der Waals surface area contributed by atoms with E-state index < -0.39 is 34.7 Å². The van der Waals surface area contributed by atoms with Gasteiger partial charge < -0.3 is 4.74 Å². The number of carbonyl (C=O) groups is 2. The van der Waals surface area contributed by atoms with Crippen molar-refractivity contribution in [2.45, 2.75) is 39.0 Å². The molecule has 0 aromatic heterocycles. The van der Waals surface area contributed by atoms with Crippen LogP contribution in [-0.2, 0) is 10.9 Å². The molecule has 0 saturated carbocycles. The van der Waals surface area contributed by atoms with Crippen molar-refractivity contribution in [2.75, 3.05) is 0 Å². The number of ether oxygens (including phenoxy) is 1. The lowest BCUT2D eigenvalue weighted by Crippen LogP contribution is -2.24. The molecule has 2 aliphatic rings. The molecule has 2 aromatic rings. The van der Waals surface area contributed by atoms with Gasteiger partial charge in [0.05, 0.1) is 16.8 Å². The van der Waals surface area contributed by atoms with E-state index in [1.807, 2.05) is 0 Å². The van der Waals surface area contributed by atoms with Gasteiger partial charge in [0.1, 0.15) is 11.3 Å². The van der Waals surface area contributed by atoms with E-state index in [0.717, 1.165) is 6.07 Å². The third-order valence-corrected chi connectivity index (χ3v) is 5.18. The molecule has 174 valence electrons. The zero-order valence-corrected chi connectivity index (χ0v) is 18.7. The number of ketones is 1. The summed E-state index contributed by atoms with van der Waals surface area (Å²) >= 11 is 0. The van der Waals surface area contributed by atoms with Gasteiger partial charge in [-0.3, -0.25) is 4.79 Å². The summed E-state index contributed by atoms with van der Waals surface area (Å²) in [4.78, 5) is 25.6. The van der Waals surface area contributed by atoms with Crippen molar-refractivity contribution in [3.8, 4) is 0 Å². The fraction of sp³-hybridized carbons (Fsp3) is 0.231. The summed E-state index contributed by atoms with van der Waals surface area (Å²) in [5.41, 5.74) is 0.193. The second-order valence-corrected chi connectivity index (χ2v) is 8.84. The summed E-state index contributed by atoms with van der Waals surface area (Å²) in [6.45, 7) is 5.30. The standard InChI is InChI=1S/C26H21F3N2O3/c1-25(2,3)34-24(33)16-13-11-15(12-14-16)22-21-18(8-6-10-20(21)30-31-22)23(32)17-7-4-5-9-19(17)26(27,28)29/h4-9,11-14H,10H2,1-3H3. The van der Waals surface area contributed by atoms with Gasteiger partial charge in [0.25, 0.3) is 0 Å². The Kier molecular flexibility index (Phi) is 5.85. The molecule has 4 rings (SSSR count). The van der Waals surface area contributed by atoms with Crippen LogP contribution < -0.4 is 0 Å². The molecule has 0 radical (unpaired) electrons. The zero-order chi connectivity index (χ0) is 24.7. The first-order valence-electron chi connectivity index (χ1n) is 10.6. The molecule has 34 heavy (non-hydrogen) atoms. The molecule has 1 heterocycles. The smallest absolute Gasteiger partial charge is 0.417 e. The van der Waals surface area contributed by atoms with E-state index >= 15 is 0 Å². The molecular weight excluding hydrogens is 445 g/mol. The van der Waals surface area contributed by atoms with Gasteiger partial charge in [-0.05, 0) is 39.0 Å². The maximum absolute atomic E-state index is 13.5. The predicted octanol–water partition coefficient (Wildman–Crippen LogP) is 5.96. The van der Waals surface area contributed by atoms with Gasteiger partial charge in [0.2, 0.25) is 0 Å². The highest BCUT2D eigenvalue weighted by atomic mass is 19.4. The molecular formula is C26H21F3N2O3. The van der Waals surface area contributed by atoms with E-state index in [2.05, 4.69) is 10.2 Å². The molecule has 5 nitrogen and oxygen atoms in total. The van der Waals surface area contributed by atoms with Gasteiger partial charge in [-0.15, -0.1) is 5.10 Å². The number of nitrogens with zero attached hydrogens (tertiary/aromatic N) is 2. The maximum atomic E-state index is 13.5. The molecule has 0 amide bonds. The Morgan fingerprint density at radius 2 is 1.62 bits per heavy atom. The topological polar surface area (TPSA) is 68.1 Å². The van der Waals surface area contributed by atoms with Crippen molar-refractivity contribution in [2.24, 2.45) is 10.2 Å². The zero-order valence-electron chi connectivity index (χ0n) is 18.7. The van der Waals surface area contributed by atoms with E-state index in [4.69, 9.17) is 4.74 Å². The highest BCUT2D eigenvalue weighted by Crippen LogP contribution is 2.35. The van der Waals surface area contributed by atoms with E-state index in [-0.39, 0.29) is 5.57 Å². The summed E-state index contributed by atoms with van der Waals surface area (Å²) in [6, 6.07) is 11.1. The minimum Gasteiger partial charge on any atom is -0.456 e. The highest BCUT2D eigenvalue weighted by molar-refractivity contribution is 6.37. The first-order valence-corrected chi connectivity index (χ1v) is 10.6. The van der Waals surface area contributed by atoms with Crippen molar-refractivity contribution < 1.29 is 27.5 Å². The molecule has 0 atom stereocenters. The normalized spacial score (nSPS) is 15.6. The van der Waals surface area contributed by atoms with E-state index in [0.29, 0.717) is 34.5 Å². The van der Waals surface area contributed by atoms with Crippen molar-refractivity contribution in [1.82, 2.24) is 0 Å². The number of alkyl halides is 3. The second kappa shape index (κ2) is 8.52. The number of fused-ring (bicyclic) bond motifs is 1. The Hall–Kier alpha value is -3.81. The van der Waals surface area contributed by atoms with E-state index in [1.165, 1.54) is 24.3 Å². The number of allylic oxidation sites excluding steroid dienone is 4. The largest absolute Gasteiger partial charge is 0.456 e. The molecule has 1 aliphatic carbocycles. The average molecular weight is 466 g/mol. The molecule has 0 N–H and O–H groups in total. The maximum Gasteiger partial charge on any atom is 0.417 e.